The Balaban J connectivity index is 1.28. The van der Waals surface area contributed by atoms with Gasteiger partial charge >= 0.3 is 12.2 Å². The average molecular weight is 782 g/mol. The van der Waals surface area contributed by atoms with Crippen molar-refractivity contribution in [2.24, 2.45) is 5.92 Å². The molecule has 3 N–H and O–H groups in total. The van der Waals surface area contributed by atoms with Gasteiger partial charge in [-0.25, -0.2) is 22.9 Å². The van der Waals surface area contributed by atoms with Gasteiger partial charge in [-0.05, 0) is 63.6 Å². The minimum atomic E-state index is -4.70. The fourth-order valence-corrected chi connectivity index (χ4v) is 7.65. The maximum absolute atomic E-state index is 14.0. The van der Waals surface area contributed by atoms with Crippen LogP contribution >= 0.6 is 11.6 Å². The van der Waals surface area contributed by atoms with Crippen molar-refractivity contribution >= 4 is 50.4 Å². The second-order valence-corrected chi connectivity index (χ2v) is 16.3. The lowest BCUT2D eigenvalue weighted by Gasteiger charge is -2.26. The summed E-state index contributed by atoms with van der Waals surface area (Å²) < 4.78 is 79.5. The first-order valence-electron chi connectivity index (χ1n) is 17.0. The zero-order valence-corrected chi connectivity index (χ0v) is 30.7. The van der Waals surface area contributed by atoms with Gasteiger partial charge in [-0.2, -0.15) is 18.3 Å². The number of hydrogen-bond acceptors (Lipinski definition) is 9. The van der Waals surface area contributed by atoms with E-state index in [0.717, 1.165) is 23.4 Å². The van der Waals surface area contributed by atoms with E-state index >= 15 is 0 Å². The summed E-state index contributed by atoms with van der Waals surface area (Å²) in [6.45, 7) is 1.75. The Hall–Kier alpha value is -4.58. The van der Waals surface area contributed by atoms with Crippen LogP contribution in [0.2, 0.25) is 5.02 Å². The molecule has 2 saturated carbocycles. The molecule has 2 aromatic heterocycles. The Morgan fingerprint density at radius 3 is 2.60 bits per heavy atom. The van der Waals surface area contributed by atoms with E-state index in [-0.39, 0.29) is 47.3 Å². The van der Waals surface area contributed by atoms with Gasteiger partial charge in [0.25, 0.3) is 5.91 Å². The first-order valence-corrected chi connectivity index (χ1v) is 18.8. The van der Waals surface area contributed by atoms with E-state index in [9.17, 15) is 36.0 Å². The molecule has 0 radical (unpaired) electrons. The van der Waals surface area contributed by atoms with E-state index in [1.54, 1.807) is 32.2 Å². The molecular weight excluding hydrogens is 743 g/mol. The van der Waals surface area contributed by atoms with Gasteiger partial charge < -0.3 is 25.0 Å². The van der Waals surface area contributed by atoms with Gasteiger partial charge in [0, 0.05) is 43.6 Å². The standard InChI is InChI=1S/C34H39ClF3N7O7S/c1-32(13-14-32)53(49,50)43-30(47)33-19-20(33)8-6-4-5-7-15-44(2)31(48)39-22(29(46)41-33)12-17-52-24-18-26(45-16-11-25(42-45)34(36,37)38)40-28-21(24)9-10-23(51-3)27(28)35/h6,8-11,16,18,20,22H,4-5,7,12-15,17,19H2,1-3H3,(H,39,48)(H,41,46)(H,43,47)/t20-,22+,33-/m1/s1. The molecular formula is C34H39ClF3N7O7S. The van der Waals surface area contributed by atoms with Crippen molar-refractivity contribution in [3.63, 3.8) is 0 Å². The van der Waals surface area contributed by atoms with Crippen LogP contribution in [0, 0.1) is 5.92 Å². The number of fused-ring (bicyclic) bond motifs is 2. The molecule has 14 nitrogen and oxygen atoms in total. The highest BCUT2D eigenvalue weighted by Crippen LogP contribution is 2.47. The van der Waals surface area contributed by atoms with Gasteiger partial charge in [0.15, 0.2) is 11.5 Å². The number of sulfonamides is 1. The summed E-state index contributed by atoms with van der Waals surface area (Å²) in [6, 6.07) is 3.50. The van der Waals surface area contributed by atoms with Crippen molar-refractivity contribution in [1.82, 2.24) is 35.0 Å². The second kappa shape index (κ2) is 14.3. The number of benzene rings is 1. The van der Waals surface area contributed by atoms with Gasteiger partial charge in [0.1, 0.15) is 28.1 Å². The Morgan fingerprint density at radius 1 is 1.17 bits per heavy atom. The van der Waals surface area contributed by atoms with E-state index in [2.05, 4.69) is 25.4 Å². The lowest BCUT2D eigenvalue weighted by molar-refractivity contribution is -0.141. The summed E-state index contributed by atoms with van der Waals surface area (Å²) in [5, 5.41) is 9.49. The third kappa shape index (κ3) is 7.88. The van der Waals surface area contributed by atoms with Crippen molar-refractivity contribution in [3.05, 3.63) is 53.3 Å². The maximum atomic E-state index is 14.0. The molecule has 6 rings (SSSR count). The number of carbonyl (C=O) groups is 3. The van der Waals surface area contributed by atoms with Crippen molar-refractivity contribution in [1.29, 1.82) is 0 Å². The van der Waals surface area contributed by atoms with Crippen molar-refractivity contribution in [2.45, 2.75) is 74.4 Å². The van der Waals surface area contributed by atoms with Crippen LogP contribution in [0.5, 0.6) is 11.5 Å². The minimum absolute atomic E-state index is 0.0559. The Labute approximate surface area is 308 Å². The van der Waals surface area contributed by atoms with E-state index in [0.29, 0.717) is 37.6 Å². The van der Waals surface area contributed by atoms with Gasteiger partial charge in [-0.15, -0.1) is 0 Å². The summed E-state index contributed by atoms with van der Waals surface area (Å²) in [4.78, 5) is 46.6. The van der Waals surface area contributed by atoms with Crippen LogP contribution in [0.1, 0.15) is 57.6 Å². The Kier molecular flexibility index (Phi) is 10.3. The minimum Gasteiger partial charge on any atom is -0.495 e. The number of methoxy groups -OCH3 is 1. The second-order valence-electron chi connectivity index (χ2n) is 13.7. The summed E-state index contributed by atoms with van der Waals surface area (Å²) in [6.07, 6.45) is 3.01. The number of rotatable bonds is 9. The molecule has 53 heavy (non-hydrogen) atoms. The molecule has 2 fully saturated rings. The fourth-order valence-electron chi connectivity index (χ4n) is 6.05. The molecule has 286 valence electrons. The van der Waals surface area contributed by atoms with Crippen molar-refractivity contribution < 1.29 is 45.4 Å². The van der Waals surface area contributed by atoms with E-state index < -0.39 is 62.0 Å². The molecule has 3 atom stereocenters. The Morgan fingerprint density at radius 2 is 1.92 bits per heavy atom. The van der Waals surface area contributed by atoms with Crippen LogP contribution in [0.15, 0.2) is 42.6 Å². The number of nitrogens with one attached hydrogen (secondary N) is 3. The molecule has 0 unspecified atom stereocenters. The van der Waals surface area contributed by atoms with Crippen LogP contribution in [-0.2, 0) is 25.8 Å². The molecule has 1 aromatic carbocycles. The fraction of sp³-hybridized carbons (Fsp3) is 0.500. The third-order valence-electron chi connectivity index (χ3n) is 9.87. The van der Waals surface area contributed by atoms with E-state index in [1.165, 1.54) is 18.1 Å². The molecule has 3 aromatic rings. The van der Waals surface area contributed by atoms with E-state index in [4.69, 9.17) is 21.1 Å². The first-order chi connectivity index (χ1) is 25.0. The molecule has 3 heterocycles. The number of alkyl halides is 3. The van der Waals surface area contributed by atoms with Crippen LogP contribution < -0.4 is 24.8 Å². The lowest BCUT2D eigenvalue weighted by Crippen LogP contribution is -2.58. The number of halogens is 4. The monoisotopic (exact) mass is 781 g/mol. The predicted octanol–water partition coefficient (Wildman–Crippen LogP) is 4.49. The highest BCUT2D eigenvalue weighted by atomic mass is 35.5. The molecule has 0 bridgehead atoms. The first kappa shape index (κ1) is 38.2. The molecule has 1 aliphatic heterocycles. The predicted molar refractivity (Wildman–Crippen MR) is 187 cm³/mol. The summed E-state index contributed by atoms with van der Waals surface area (Å²) >= 11 is 6.56. The summed E-state index contributed by atoms with van der Waals surface area (Å²) in [5.74, 6) is -1.74. The van der Waals surface area contributed by atoms with Crippen LogP contribution in [-0.4, -0.2) is 89.6 Å². The van der Waals surface area contributed by atoms with Gasteiger partial charge in [0.05, 0.1) is 24.0 Å². The number of allylic oxidation sites excluding steroid dienone is 1. The molecule has 3 aliphatic rings. The number of ether oxygens (including phenoxy) is 2. The lowest BCUT2D eigenvalue weighted by atomic mass is 10.1. The van der Waals surface area contributed by atoms with Gasteiger partial charge in [-0.1, -0.05) is 23.8 Å². The number of aromatic nitrogens is 3. The molecule has 0 spiro atoms. The molecule has 0 saturated heterocycles. The quantitative estimate of drug-likeness (QED) is 0.265. The molecule has 4 amide bonds. The SMILES string of the molecule is COc1ccc2c(OCC[C@@H]3NC(=O)N(C)CCCCC=C[C@@H]4C[C@@]4(C(=O)NS(=O)(=O)C4(C)CC4)NC3=O)cc(-n3ccc(C(F)(F)F)n3)nc2c1Cl. The average Bonchev–Trinajstić information content (AvgIpc) is 3.96. The largest absolute Gasteiger partial charge is 0.495 e. The number of pyridine rings is 1. The molecule has 19 heteroatoms. The van der Waals surface area contributed by atoms with Crippen molar-refractivity contribution in [3.8, 4) is 17.3 Å². The van der Waals surface area contributed by atoms with E-state index in [1.807, 2.05) is 6.08 Å². The highest BCUT2D eigenvalue weighted by Gasteiger charge is 2.62. The van der Waals surface area contributed by atoms with Gasteiger partial charge in [-0.3, -0.25) is 14.3 Å². The number of nitrogens with zero attached hydrogens (tertiary/aromatic N) is 4. The number of amides is 4. The van der Waals surface area contributed by atoms with Gasteiger partial charge in [0.2, 0.25) is 15.9 Å². The zero-order chi connectivity index (χ0) is 38.3. The van der Waals surface area contributed by atoms with Crippen LogP contribution in [0.25, 0.3) is 16.7 Å². The number of carbonyl (C=O) groups excluding carboxylic acids is 3. The number of urea groups is 1. The highest BCUT2D eigenvalue weighted by molar-refractivity contribution is 7.91. The normalized spacial score (nSPS) is 23.3. The summed E-state index contributed by atoms with van der Waals surface area (Å²) in [7, 11) is -1.04. The topological polar surface area (TPSA) is 174 Å². The van der Waals surface area contributed by atoms with Crippen molar-refractivity contribution in [2.75, 3.05) is 27.3 Å². The smallest absolute Gasteiger partial charge is 0.435 e. The van der Waals surface area contributed by atoms with Crippen LogP contribution in [0.4, 0.5) is 18.0 Å². The third-order valence-corrected chi connectivity index (χ3v) is 12.4. The van der Waals surface area contributed by atoms with Crippen LogP contribution in [0.3, 0.4) is 0 Å². The molecule has 2 aliphatic carbocycles. The number of hydrogen-bond donors (Lipinski definition) is 3. The summed E-state index contributed by atoms with van der Waals surface area (Å²) in [5.41, 5.74) is -2.56. The zero-order valence-electron chi connectivity index (χ0n) is 29.1. The Bertz CT molecular complexity index is 2070. The maximum Gasteiger partial charge on any atom is 0.435 e.